The molecule has 0 amide bonds. The van der Waals surface area contributed by atoms with Crippen LogP contribution in [0.2, 0.25) is 0 Å². The molecule has 0 saturated heterocycles. The number of aliphatic hydroxyl groups is 1. The van der Waals surface area contributed by atoms with Crippen LogP contribution in [0.4, 0.5) is 0 Å². The van der Waals surface area contributed by atoms with Gasteiger partial charge in [0.15, 0.2) is 0 Å². The van der Waals surface area contributed by atoms with Crippen molar-refractivity contribution in [2.45, 2.75) is 39.3 Å². The normalized spacial score (nSPS) is 12.0. The van der Waals surface area contributed by atoms with E-state index in [4.69, 9.17) is 4.42 Å². The van der Waals surface area contributed by atoms with Crippen molar-refractivity contribution in [2.75, 3.05) is 0 Å². The third-order valence-corrected chi connectivity index (χ3v) is 2.27. The monoisotopic (exact) mass is 237 g/mol. The largest absolute Gasteiger partial charge is 0.423 e. The van der Waals surface area contributed by atoms with Gasteiger partial charge in [0.25, 0.3) is 0 Å². The van der Waals surface area contributed by atoms with E-state index in [-0.39, 0.29) is 0 Å². The first-order valence-electron chi connectivity index (χ1n) is 5.43. The quantitative estimate of drug-likeness (QED) is 0.832. The fourth-order valence-electron chi connectivity index (χ4n) is 1.29. The lowest BCUT2D eigenvalue weighted by Gasteiger charge is -2.11. The van der Waals surface area contributed by atoms with Gasteiger partial charge in [-0.25, -0.2) is 4.68 Å². The van der Waals surface area contributed by atoms with E-state index >= 15 is 0 Å². The maximum Gasteiger partial charge on any atom is 0.237 e. The second-order valence-corrected chi connectivity index (χ2v) is 4.30. The molecule has 0 radical (unpaired) electrons. The van der Waals surface area contributed by atoms with Gasteiger partial charge in [-0.15, -0.1) is 15.3 Å². The summed E-state index contributed by atoms with van der Waals surface area (Å²) in [5.74, 6) is 1.08. The summed E-state index contributed by atoms with van der Waals surface area (Å²) in [5, 5.41) is 25.3. The summed E-state index contributed by atoms with van der Waals surface area (Å²) in [6, 6.07) is 0. The van der Waals surface area contributed by atoms with E-state index in [0.717, 1.165) is 0 Å². The minimum atomic E-state index is -0.998. The van der Waals surface area contributed by atoms with Crippen LogP contribution in [0.25, 0.3) is 0 Å². The molecule has 0 aliphatic carbocycles. The molecule has 2 aromatic heterocycles. The number of nitrogens with zero attached hydrogens (tertiary/aromatic N) is 5. The molecule has 0 aliphatic heterocycles. The Balaban J connectivity index is 2.11. The lowest BCUT2D eigenvalue weighted by Crippen LogP contribution is -2.15. The summed E-state index contributed by atoms with van der Waals surface area (Å²) >= 11 is 0. The highest BCUT2D eigenvalue weighted by molar-refractivity contribution is 5.03. The zero-order valence-corrected chi connectivity index (χ0v) is 10.1. The predicted octanol–water partition coefficient (Wildman–Crippen LogP) is 0.499. The van der Waals surface area contributed by atoms with Gasteiger partial charge in [0.1, 0.15) is 17.8 Å². The summed E-state index contributed by atoms with van der Waals surface area (Å²) in [6.07, 6.45) is 2.37. The van der Waals surface area contributed by atoms with Crippen LogP contribution in [0.5, 0.6) is 0 Å². The van der Waals surface area contributed by atoms with Crippen LogP contribution >= 0.6 is 0 Å². The van der Waals surface area contributed by atoms with Crippen LogP contribution < -0.4 is 0 Å². The molecule has 2 aromatic rings. The Morgan fingerprint density at radius 1 is 1.29 bits per heavy atom. The molecule has 2 rings (SSSR count). The highest BCUT2D eigenvalue weighted by atomic mass is 16.4. The standard InChI is InChI=1S/C10H15N5O2/c1-4-8-12-13-9(17-8)6-15-5-7(11-14-15)10(2,3)16/h5,16H,4,6H2,1-3H3. The van der Waals surface area contributed by atoms with Gasteiger partial charge < -0.3 is 9.52 Å². The minimum absolute atomic E-state index is 0.357. The van der Waals surface area contributed by atoms with Crippen LogP contribution in [-0.4, -0.2) is 30.3 Å². The van der Waals surface area contributed by atoms with E-state index in [1.165, 1.54) is 0 Å². The second kappa shape index (κ2) is 4.25. The van der Waals surface area contributed by atoms with E-state index in [1.54, 1.807) is 24.7 Å². The maximum atomic E-state index is 9.74. The molecule has 1 N–H and O–H groups in total. The maximum absolute atomic E-state index is 9.74. The molecule has 0 unspecified atom stereocenters. The third-order valence-electron chi connectivity index (χ3n) is 2.27. The van der Waals surface area contributed by atoms with Gasteiger partial charge in [0.05, 0.1) is 6.20 Å². The number of rotatable bonds is 4. The van der Waals surface area contributed by atoms with Gasteiger partial charge in [0, 0.05) is 6.42 Å². The molecule has 0 atom stereocenters. The molecule has 0 saturated carbocycles. The lowest BCUT2D eigenvalue weighted by molar-refractivity contribution is 0.0737. The first-order chi connectivity index (χ1) is 7.99. The smallest absolute Gasteiger partial charge is 0.237 e. The summed E-state index contributed by atoms with van der Waals surface area (Å²) in [5.41, 5.74) is -0.491. The van der Waals surface area contributed by atoms with E-state index in [9.17, 15) is 5.11 Å². The summed E-state index contributed by atoms with van der Waals surface area (Å²) in [4.78, 5) is 0. The molecule has 7 heteroatoms. The van der Waals surface area contributed by atoms with Gasteiger partial charge >= 0.3 is 0 Å². The zero-order chi connectivity index (χ0) is 12.5. The number of hydrogen-bond acceptors (Lipinski definition) is 6. The third kappa shape index (κ3) is 2.68. The highest BCUT2D eigenvalue weighted by Gasteiger charge is 2.20. The Kier molecular flexibility index (Phi) is 2.93. The van der Waals surface area contributed by atoms with Crippen molar-refractivity contribution in [3.63, 3.8) is 0 Å². The Morgan fingerprint density at radius 3 is 2.53 bits per heavy atom. The average Bonchev–Trinajstić information content (AvgIpc) is 2.86. The van der Waals surface area contributed by atoms with Crippen LogP contribution in [0, 0.1) is 0 Å². The van der Waals surface area contributed by atoms with Crippen LogP contribution in [0.3, 0.4) is 0 Å². The van der Waals surface area contributed by atoms with E-state index in [2.05, 4.69) is 20.5 Å². The van der Waals surface area contributed by atoms with Crippen molar-refractivity contribution >= 4 is 0 Å². The van der Waals surface area contributed by atoms with Crippen molar-refractivity contribution in [1.82, 2.24) is 25.2 Å². The van der Waals surface area contributed by atoms with Crippen molar-refractivity contribution in [3.05, 3.63) is 23.7 Å². The Bertz CT molecular complexity index is 497. The molecule has 0 aliphatic rings. The van der Waals surface area contributed by atoms with Crippen molar-refractivity contribution in [3.8, 4) is 0 Å². The van der Waals surface area contributed by atoms with Gasteiger partial charge in [-0.2, -0.15) is 0 Å². The molecular formula is C10H15N5O2. The second-order valence-electron chi connectivity index (χ2n) is 4.30. The molecule has 2 heterocycles. The van der Waals surface area contributed by atoms with Crippen LogP contribution in [-0.2, 0) is 18.6 Å². The summed E-state index contributed by atoms with van der Waals surface area (Å²) in [7, 11) is 0. The molecule has 17 heavy (non-hydrogen) atoms. The molecule has 0 fully saturated rings. The SMILES string of the molecule is CCc1nnc(Cn2cc(C(C)(C)O)nn2)o1. The van der Waals surface area contributed by atoms with E-state index < -0.39 is 5.60 Å². The Hall–Kier alpha value is -1.76. The zero-order valence-electron chi connectivity index (χ0n) is 10.1. The van der Waals surface area contributed by atoms with Gasteiger partial charge in [0.2, 0.25) is 11.8 Å². The molecule has 92 valence electrons. The first-order valence-corrected chi connectivity index (χ1v) is 5.43. The van der Waals surface area contributed by atoms with E-state index in [0.29, 0.717) is 30.4 Å². The van der Waals surface area contributed by atoms with Gasteiger partial charge in [-0.3, -0.25) is 0 Å². The van der Waals surface area contributed by atoms with Crippen LogP contribution in [0.15, 0.2) is 10.6 Å². The molecular weight excluding hydrogens is 222 g/mol. The fraction of sp³-hybridized carbons (Fsp3) is 0.600. The van der Waals surface area contributed by atoms with Crippen molar-refractivity contribution in [1.29, 1.82) is 0 Å². The summed E-state index contributed by atoms with van der Waals surface area (Å²) in [6.45, 7) is 5.61. The first kappa shape index (κ1) is 11.7. The Morgan fingerprint density at radius 2 is 2.00 bits per heavy atom. The van der Waals surface area contributed by atoms with Crippen molar-refractivity contribution < 1.29 is 9.52 Å². The molecule has 0 bridgehead atoms. The Labute approximate surface area is 98.5 Å². The van der Waals surface area contributed by atoms with Gasteiger partial charge in [-0.05, 0) is 13.8 Å². The van der Waals surface area contributed by atoms with Gasteiger partial charge in [-0.1, -0.05) is 12.1 Å². The number of hydrogen-bond donors (Lipinski definition) is 1. The fourth-order valence-corrected chi connectivity index (χ4v) is 1.29. The molecule has 0 spiro atoms. The molecule has 7 nitrogen and oxygen atoms in total. The van der Waals surface area contributed by atoms with Crippen molar-refractivity contribution in [2.24, 2.45) is 0 Å². The van der Waals surface area contributed by atoms with Crippen LogP contribution in [0.1, 0.15) is 38.2 Å². The average molecular weight is 237 g/mol. The minimum Gasteiger partial charge on any atom is -0.423 e. The predicted molar refractivity (Wildman–Crippen MR) is 58.0 cm³/mol. The van der Waals surface area contributed by atoms with E-state index in [1.807, 2.05) is 6.92 Å². The highest BCUT2D eigenvalue weighted by Crippen LogP contribution is 2.15. The summed E-state index contributed by atoms with van der Waals surface area (Å²) < 4.78 is 6.91. The topological polar surface area (TPSA) is 89.9 Å². The lowest BCUT2D eigenvalue weighted by atomic mass is 10.1. The number of aryl methyl sites for hydroxylation is 1. The molecule has 0 aromatic carbocycles. The number of aromatic nitrogens is 5.